The van der Waals surface area contributed by atoms with E-state index in [0.717, 1.165) is 17.8 Å². The number of hydrogen-bond acceptors (Lipinski definition) is 5. The molecular weight excluding hydrogens is 515 g/mol. The maximum atomic E-state index is 13.8. The van der Waals surface area contributed by atoms with Gasteiger partial charge in [0.1, 0.15) is 17.4 Å². The Balaban J connectivity index is 1.32. The molecule has 0 aliphatic carbocycles. The summed E-state index contributed by atoms with van der Waals surface area (Å²) >= 11 is 6.18. The topological polar surface area (TPSA) is 69.5 Å². The van der Waals surface area contributed by atoms with Crippen LogP contribution in [0.4, 0.5) is 10.2 Å². The summed E-state index contributed by atoms with van der Waals surface area (Å²) in [6, 6.07) is 22.1. The summed E-state index contributed by atoms with van der Waals surface area (Å²) in [5.74, 6) is 0.392. The first-order valence-corrected chi connectivity index (χ1v) is 13.8. The number of benzene rings is 2. The molecule has 0 bridgehead atoms. The largest absolute Gasteiger partial charge is 0.490 e. The van der Waals surface area contributed by atoms with Crippen molar-refractivity contribution in [3.63, 3.8) is 0 Å². The molecule has 0 radical (unpaired) electrons. The molecule has 1 amide bonds. The molecule has 2 fully saturated rings. The standard InChI is InChI=1S/C31H32ClFN4O2/c1-21(39-26-6-4-5-25(33)17-26)27-12-16-37(20-29(27)22-8-10-24(32)11-9-22)31(38)28-13-15-36(19-23(28)18-34)30-7-2-3-14-35-30/h2-11,14,17,21,23,27-29H,12-13,15-16,19-20H2,1H3/t21-,23?,27+,28?,29+/m0/s1. The molecule has 6 nitrogen and oxygen atoms in total. The molecule has 2 aliphatic rings. The molecule has 3 heterocycles. The Morgan fingerprint density at radius 1 is 1.10 bits per heavy atom. The summed E-state index contributed by atoms with van der Waals surface area (Å²) in [6.45, 7) is 4.29. The number of amides is 1. The molecule has 5 rings (SSSR count). The summed E-state index contributed by atoms with van der Waals surface area (Å²) in [7, 11) is 0. The Kier molecular flexibility index (Phi) is 8.33. The van der Waals surface area contributed by atoms with Crippen LogP contribution in [0, 0.1) is 34.9 Å². The van der Waals surface area contributed by atoms with Crippen LogP contribution in [0.3, 0.4) is 0 Å². The average Bonchev–Trinajstić information content (AvgIpc) is 2.97. The van der Waals surface area contributed by atoms with Crippen LogP contribution < -0.4 is 9.64 Å². The van der Waals surface area contributed by atoms with E-state index in [4.69, 9.17) is 16.3 Å². The molecule has 3 aromatic rings. The number of carbonyl (C=O) groups excluding carboxylic acids is 1. The van der Waals surface area contributed by atoms with Crippen molar-refractivity contribution < 1.29 is 13.9 Å². The molecule has 5 atom stereocenters. The third-order valence-electron chi connectivity index (χ3n) is 8.07. The van der Waals surface area contributed by atoms with Gasteiger partial charge in [0.05, 0.1) is 24.0 Å². The number of anilines is 1. The Labute approximate surface area is 234 Å². The van der Waals surface area contributed by atoms with Crippen LogP contribution in [0.25, 0.3) is 0 Å². The number of pyridine rings is 1. The van der Waals surface area contributed by atoms with Crippen LogP contribution in [0.15, 0.2) is 72.9 Å². The van der Waals surface area contributed by atoms with Gasteiger partial charge in [0.2, 0.25) is 5.91 Å². The minimum Gasteiger partial charge on any atom is -0.490 e. The van der Waals surface area contributed by atoms with Crippen molar-refractivity contribution in [1.82, 2.24) is 9.88 Å². The number of carbonyl (C=O) groups is 1. The summed E-state index contributed by atoms with van der Waals surface area (Å²) in [6.07, 6.45) is 2.89. The molecule has 39 heavy (non-hydrogen) atoms. The van der Waals surface area contributed by atoms with E-state index in [9.17, 15) is 14.4 Å². The normalized spacial score (nSPS) is 24.1. The summed E-state index contributed by atoms with van der Waals surface area (Å²) in [4.78, 5) is 22.3. The number of aromatic nitrogens is 1. The van der Waals surface area contributed by atoms with Gasteiger partial charge in [-0.05, 0) is 61.7 Å². The van der Waals surface area contributed by atoms with E-state index >= 15 is 0 Å². The minimum atomic E-state index is -0.407. The van der Waals surface area contributed by atoms with Crippen LogP contribution in [-0.4, -0.2) is 48.1 Å². The fourth-order valence-corrected chi connectivity index (χ4v) is 6.12. The first-order chi connectivity index (χ1) is 18.9. The SMILES string of the molecule is C[C@H](Oc1cccc(F)c1)[C@H]1CCN(C(=O)C2CCN(c3ccccn3)CC2C#N)C[C@@H]1c1ccc(Cl)cc1. The van der Waals surface area contributed by atoms with Crippen molar-refractivity contribution in [1.29, 1.82) is 5.26 Å². The predicted molar refractivity (Wildman–Crippen MR) is 149 cm³/mol. The Hall–Kier alpha value is -3.63. The van der Waals surface area contributed by atoms with E-state index in [1.807, 2.05) is 54.3 Å². The second-order valence-electron chi connectivity index (χ2n) is 10.4. The maximum Gasteiger partial charge on any atom is 0.227 e. The lowest BCUT2D eigenvalue weighted by atomic mass is 9.77. The van der Waals surface area contributed by atoms with Crippen LogP contribution in [0.5, 0.6) is 5.75 Å². The van der Waals surface area contributed by atoms with Gasteiger partial charge in [-0.25, -0.2) is 9.37 Å². The highest BCUT2D eigenvalue weighted by Gasteiger charge is 2.41. The molecule has 2 saturated heterocycles. The molecule has 2 unspecified atom stereocenters. The second kappa shape index (κ2) is 12.0. The van der Waals surface area contributed by atoms with E-state index in [1.54, 1.807) is 18.3 Å². The number of halogens is 2. The average molecular weight is 547 g/mol. The Bertz CT molecular complexity index is 1320. The molecule has 0 saturated carbocycles. The maximum absolute atomic E-state index is 13.8. The van der Waals surface area contributed by atoms with Gasteiger partial charge in [-0.3, -0.25) is 4.79 Å². The van der Waals surface area contributed by atoms with E-state index in [0.29, 0.717) is 43.4 Å². The van der Waals surface area contributed by atoms with E-state index in [-0.39, 0.29) is 35.6 Å². The summed E-state index contributed by atoms with van der Waals surface area (Å²) in [5, 5.41) is 10.6. The number of nitriles is 1. The monoisotopic (exact) mass is 546 g/mol. The first kappa shape index (κ1) is 27.0. The summed E-state index contributed by atoms with van der Waals surface area (Å²) in [5.41, 5.74) is 1.08. The van der Waals surface area contributed by atoms with Gasteiger partial charge in [0.25, 0.3) is 0 Å². The highest BCUT2D eigenvalue weighted by Crippen LogP contribution is 2.38. The van der Waals surface area contributed by atoms with Gasteiger partial charge < -0.3 is 14.5 Å². The van der Waals surface area contributed by atoms with Crippen molar-refractivity contribution in [3.8, 4) is 11.8 Å². The van der Waals surface area contributed by atoms with E-state index in [2.05, 4.69) is 16.0 Å². The van der Waals surface area contributed by atoms with Crippen molar-refractivity contribution in [2.24, 2.45) is 17.8 Å². The zero-order chi connectivity index (χ0) is 27.4. The van der Waals surface area contributed by atoms with Crippen LogP contribution in [0.2, 0.25) is 5.02 Å². The highest BCUT2D eigenvalue weighted by molar-refractivity contribution is 6.30. The lowest BCUT2D eigenvalue weighted by molar-refractivity contribution is -0.139. The van der Waals surface area contributed by atoms with Crippen LogP contribution in [-0.2, 0) is 4.79 Å². The number of piperidine rings is 2. The van der Waals surface area contributed by atoms with Crippen LogP contribution >= 0.6 is 11.6 Å². The molecule has 0 N–H and O–H groups in total. The van der Waals surface area contributed by atoms with E-state index < -0.39 is 5.92 Å². The first-order valence-electron chi connectivity index (χ1n) is 13.4. The van der Waals surface area contributed by atoms with Gasteiger partial charge in [0.15, 0.2) is 0 Å². The van der Waals surface area contributed by atoms with Gasteiger partial charge in [-0.1, -0.05) is 35.9 Å². The predicted octanol–water partition coefficient (Wildman–Crippen LogP) is 5.94. The van der Waals surface area contributed by atoms with Crippen LogP contribution in [0.1, 0.15) is 31.2 Å². The zero-order valence-corrected chi connectivity index (χ0v) is 22.7. The van der Waals surface area contributed by atoms with Crippen molar-refractivity contribution in [2.45, 2.75) is 31.8 Å². The quantitative estimate of drug-likeness (QED) is 0.383. The lowest BCUT2D eigenvalue weighted by Crippen LogP contribution is -2.52. The minimum absolute atomic E-state index is 0.0117. The molecule has 2 aliphatic heterocycles. The highest BCUT2D eigenvalue weighted by atomic mass is 35.5. The number of ether oxygens (including phenoxy) is 1. The van der Waals surface area contributed by atoms with Crippen molar-refractivity contribution >= 4 is 23.3 Å². The van der Waals surface area contributed by atoms with Gasteiger partial charge in [-0.15, -0.1) is 0 Å². The third-order valence-corrected chi connectivity index (χ3v) is 8.32. The molecule has 2 aromatic carbocycles. The number of rotatable bonds is 6. The van der Waals surface area contributed by atoms with E-state index in [1.165, 1.54) is 12.1 Å². The number of likely N-dealkylation sites (tertiary alicyclic amines) is 1. The third kappa shape index (κ3) is 6.17. The summed E-state index contributed by atoms with van der Waals surface area (Å²) < 4.78 is 20.0. The van der Waals surface area contributed by atoms with Gasteiger partial charge in [0, 0.05) is 55.3 Å². The van der Waals surface area contributed by atoms with Crippen molar-refractivity contribution in [2.75, 3.05) is 31.1 Å². The molecule has 8 heteroatoms. The zero-order valence-electron chi connectivity index (χ0n) is 21.9. The fourth-order valence-electron chi connectivity index (χ4n) is 6.00. The Morgan fingerprint density at radius 3 is 2.64 bits per heavy atom. The number of hydrogen-bond donors (Lipinski definition) is 0. The van der Waals surface area contributed by atoms with Gasteiger partial charge >= 0.3 is 0 Å². The number of nitrogens with zero attached hydrogens (tertiary/aromatic N) is 4. The van der Waals surface area contributed by atoms with Gasteiger partial charge in [-0.2, -0.15) is 5.26 Å². The second-order valence-corrected chi connectivity index (χ2v) is 10.9. The Morgan fingerprint density at radius 2 is 1.92 bits per heavy atom. The van der Waals surface area contributed by atoms with Crippen molar-refractivity contribution in [3.05, 3.63) is 89.3 Å². The fraction of sp³-hybridized carbons (Fsp3) is 0.387. The smallest absolute Gasteiger partial charge is 0.227 e. The molecular formula is C31H32ClFN4O2. The lowest BCUT2D eigenvalue weighted by Gasteiger charge is -2.44. The molecule has 202 valence electrons. The molecule has 1 aromatic heterocycles. The molecule has 0 spiro atoms.